The Balaban J connectivity index is 2.08. The summed E-state index contributed by atoms with van der Waals surface area (Å²) in [6, 6.07) is 6.13. The lowest BCUT2D eigenvalue weighted by Gasteiger charge is -2.41. The zero-order valence-corrected chi connectivity index (χ0v) is 11.5. The molecule has 19 heavy (non-hydrogen) atoms. The molecule has 0 aromatic carbocycles. The first-order chi connectivity index (χ1) is 9.11. The highest BCUT2D eigenvalue weighted by atomic mass is 16.3. The number of β-amino-alcohol motifs (C(OH)–C–C–N with tert-alkyl or cyclic N) is 1. The number of hydrogen-bond donors (Lipinski definition) is 1. The lowest BCUT2D eigenvalue weighted by atomic mass is 10.1. The Kier molecular flexibility index (Phi) is 4.35. The molecule has 1 aliphatic rings. The van der Waals surface area contributed by atoms with Crippen molar-refractivity contribution >= 4 is 5.82 Å². The first-order valence-corrected chi connectivity index (χ1v) is 6.64. The standard InChI is InChI=1S/C14H20N4O/c1-11-9-18(7-6-17(11)10-12(2)19)14-13(8-15)4-3-5-16-14/h3-5,11-12,19H,6-7,9-10H2,1-2H3. The number of pyridine rings is 1. The summed E-state index contributed by atoms with van der Waals surface area (Å²) < 4.78 is 0. The second-order valence-corrected chi connectivity index (χ2v) is 5.13. The van der Waals surface area contributed by atoms with Gasteiger partial charge in [-0.15, -0.1) is 0 Å². The lowest BCUT2D eigenvalue weighted by Crippen LogP contribution is -2.53. The highest BCUT2D eigenvalue weighted by Gasteiger charge is 2.26. The van der Waals surface area contributed by atoms with E-state index in [9.17, 15) is 5.11 Å². The van der Waals surface area contributed by atoms with Gasteiger partial charge in [-0.05, 0) is 26.0 Å². The number of aliphatic hydroxyl groups excluding tert-OH is 1. The van der Waals surface area contributed by atoms with E-state index in [0.29, 0.717) is 18.2 Å². The SMILES string of the molecule is CC(O)CN1CCN(c2ncccc2C#N)CC1C. The lowest BCUT2D eigenvalue weighted by molar-refractivity contribution is 0.0958. The summed E-state index contributed by atoms with van der Waals surface area (Å²) in [5.74, 6) is 0.772. The van der Waals surface area contributed by atoms with Gasteiger partial charge in [0.1, 0.15) is 11.9 Å². The molecule has 5 heteroatoms. The monoisotopic (exact) mass is 260 g/mol. The van der Waals surface area contributed by atoms with E-state index in [1.165, 1.54) is 0 Å². The second-order valence-electron chi connectivity index (χ2n) is 5.13. The Bertz CT molecular complexity index is 469. The zero-order chi connectivity index (χ0) is 13.8. The van der Waals surface area contributed by atoms with E-state index in [-0.39, 0.29) is 6.10 Å². The first-order valence-electron chi connectivity index (χ1n) is 6.64. The second kappa shape index (κ2) is 6.00. The number of rotatable bonds is 3. The van der Waals surface area contributed by atoms with Gasteiger partial charge >= 0.3 is 0 Å². The maximum absolute atomic E-state index is 9.48. The summed E-state index contributed by atoms with van der Waals surface area (Å²) in [4.78, 5) is 8.76. The fourth-order valence-corrected chi connectivity index (χ4v) is 2.53. The largest absolute Gasteiger partial charge is 0.392 e. The van der Waals surface area contributed by atoms with Gasteiger partial charge in [0.05, 0.1) is 11.7 Å². The molecule has 1 N–H and O–H groups in total. The Hall–Kier alpha value is -1.64. The van der Waals surface area contributed by atoms with Crippen molar-refractivity contribution in [2.75, 3.05) is 31.1 Å². The van der Waals surface area contributed by atoms with Crippen molar-refractivity contribution in [2.24, 2.45) is 0 Å². The van der Waals surface area contributed by atoms with Crippen molar-refractivity contribution in [3.05, 3.63) is 23.9 Å². The minimum absolute atomic E-state index is 0.307. The van der Waals surface area contributed by atoms with E-state index in [2.05, 4.69) is 27.8 Å². The van der Waals surface area contributed by atoms with Crippen LogP contribution in [0.3, 0.4) is 0 Å². The molecule has 5 nitrogen and oxygen atoms in total. The molecule has 2 rings (SSSR count). The van der Waals surface area contributed by atoms with Crippen molar-refractivity contribution in [3.63, 3.8) is 0 Å². The minimum Gasteiger partial charge on any atom is -0.392 e. The molecular formula is C14H20N4O. The Morgan fingerprint density at radius 3 is 3.00 bits per heavy atom. The molecule has 1 saturated heterocycles. The van der Waals surface area contributed by atoms with Crippen LogP contribution in [0.4, 0.5) is 5.82 Å². The van der Waals surface area contributed by atoms with Crippen molar-refractivity contribution in [2.45, 2.75) is 26.0 Å². The predicted molar refractivity (Wildman–Crippen MR) is 73.9 cm³/mol. The molecular weight excluding hydrogens is 240 g/mol. The summed E-state index contributed by atoms with van der Waals surface area (Å²) >= 11 is 0. The van der Waals surface area contributed by atoms with Crippen LogP contribution < -0.4 is 4.90 Å². The number of piperazine rings is 1. The van der Waals surface area contributed by atoms with Crippen LogP contribution in [0.15, 0.2) is 18.3 Å². The number of hydrogen-bond acceptors (Lipinski definition) is 5. The number of anilines is 1. The van der Waals surface area contributed by atoms with E-state index in [1.807, 2.05) is 6.92 Å². The topological polar surface area (TPSA) is 63.4 Å². The number of aromatic nitrogens is 1. The van der Waals surface area contributed by atoms with Crippen molar-refractivity contribution in [1.82, 2.24) is 9.88 Å². The van der Waals surface area contributed by atoms with E-state index in [4.69, 9.17) is 5.26 Å². The average molecular weight is 260 g/mol. The van der Waals surface area contributed by atoms with Gasteiger partial charge in [0.25, 0.3) is 0 Å². The van der Waals surface area contributed by atoms with Gasteiger partial charge in [0.15, 0.2) is 0 Å². The molecule has 102 valence electrons. The number of aliphatic hydroxyl groups is 1. The Labute approximate surface area is 114 Å². The van der Waals surface area contributed by atoms with Gasteiger partial charge in [-0.1, -0.05) is 0 Å². The highest BCUT2D eigenvalue weighted by molar-refractivity contribution is 5.53. The summed E-state index contributed by atoms with van der Waals surface area (Å²) in [5.41, 5.74) is 0.624. The maximum Gasteiger partial charge on any atom is 0.146 e. The van der Waals surface area contributed by atoms with Crippen molar-refractivity contribution < 1.29 is 5.11 Å². The summed E-state index contributed by atoms with van der Waals surface area (Å²) in [7, 11) is 0. The summed E-state index contributed by atoms with van der Waals surface area (Å²) in [6.07, 6.45) is 1.42. The average Bonchev–Trinajstić information content (AvgIpc) is 2.40. The molecule has 0 bridgehead atoms. The van der Waals surface area contributed by atoms with Crippen molar-refractivity contribution in [3.8, 4) is 6.07 Å². The zero-order valence-electron chi connectivity index (χ0n) is 11.5. The fourth-order valence-electron chi connectivity index (χ4n) is 2.53. The van der Waals surface area contributed by atoms with Crippen LogP contribution in [0.5, 0.6) is 0 Å². The van der Waals surface area contributed by atoms with Crippen LogP contribution in [-0.4, -0.2) is 53.3 Å². The Morgan fingerprint density at radius 2 is 2.37 bits per heavy atom. The smallest absolute Gasteiger partial charge is 0.146 e. The van der Waals surface area contributed by atoms with Crippen LogP contribution in [0.25, 0.3) is 0 Å². The maximum atomic E-state index is 9.48. The summed E-state index contributed by atoms with van der Waals surface area (Å²) in [6.45, 7) is 7.20. The molecule has 0 amide bonds. The molecule has 1 aliphatic heterocycles. The summed E-state index contributed by atoms with van der Waals surface area (Å²) in [5, 5.41) is 18.6. The third-order valence-electron chi connectivity index (χ3n) is 3.47. The molecule has 0 saturated carbocycles. The van der Waals surface area contributed by atoms with Crippen LogP contribution in [0.1, 0.15) is 19.4 Å². The molecule has 2 unspecified atom stereocenters. The molecule has 0 spiro atoms. The normalized spacial score (nSPS) is 22.0. The molecule has 2 heterocycles. The van der Waals surface area contributed by atoms with Crippen LogP contribution in [-0.2, 0) is 0 Å². The van der Waals surface area contributed by atoms with Gasteiger partial charge in [0, 0.05) is 38.4 Å². The number of nitrogens with zero attached hydrogens (tertiary/aromatic N) is 4. The molecule has 1 fully saturated rings. The molecule has 0 radical (unpaired) electrons. The van der Waals surface area contributed by atoms with E-state index in [1.54, 1.807) is 18.3 Å². The van der Waals surface area contributed by atoms with Gasteiger partial charge in [-0.25, -0.2) is 4.98 Å². The first kappa shape index (κ1) is 13.8. The van der Waals surface area contributed by atoms with E-state index in [0.717, 1.165) is 25.5 Å². The third kappa shape index (κ3) is 3.22. The third-order valence-corrected chi connectivity index (χ3v) is 3.47. The predicted octanol–water partition coefficient (Wildman–Crippen LogP) is 0.845. The van der Waals surface area contributed by atoms with E-state index < -0.39 is 0 Å². The van der Waals surface area contributed by atoms with Gasteiger partial charge in [-0.2, -0.15) is 5.26 Å². The molecule has 1 aromatic rings. The Morgan fingerprint density at radius 1 is 1.58 bits per heavy atom. The minimum atomic E-state index is -0.307. The van der Waals surface area contributed by atoms with Crippen LogP contribution in [0.2, 0.25) is 0 Å². The highest BCUT2D eigenvalue weighted by Crippen LogP contribution is 2.20. The van der Waals surface area contributed by atoms with Gasteiger partial charge in [-0.3, -0.25) is 4.90 Å². The quantitative estimate of drug-likeness (QED) is 0.872. The van der Waals surface area contributed by atoms with Crippen LogP contribution >= 0.6 is 0 Å². The number of nitriles is 1. The molecule has 2 atom stereocenters. The van der Waals surface area contributed by atoms with E-state index >= 15 is 0 Å². The van der Waals surface area contributed by atoms with Crippen LogP contribution in [0, 0.1) is 11.3 Å². The van der Waals surface area contributed by atoms with Gasteiger partial charge in [0.2, 0.25) is 0 Å². The van der Waals surface area contributed by atoms with Crippen molar-refractivity contribution in [1.29, 1.82) is 5.26 Å². The molecule has 0 aliphatic carbocycles. The van der Waals surface area contributed by atoms with Gasteiger partial charge < -0.3 is 10.0 Å². The fraction of sp³-hybridized carbons (Fsp3) is 0.571. The molecule has 1 aromatic heterocycles.